The average molecular weight is 394 g/mol. The molecule has 4 nitrogen and oxygen atoms in total. The fourth-order valence-electron chi connectivity index (χ4n) is 2.95. The molecule has 0 saturated carbocycles. The van der Waals surface area contributed by atoms with Crippen LogP contribution in [0.3, 0.4) is 0 Å². The van der Waals surface area contributed by atoms with Crippen LogP contribution in [0.1, 0.15) is 61.8 Å². The van der Waals surface area contributed by atoms with Gasteiger partial charge in [0.2, 0.25) is 5.91 Å². The molecule has 5 heteroatoms. The minimum absolute atomic E-state index is 0.00632. The highest BCUT2D eigenvalue weighted by molar-refractivity contribution is 8.15. The summed E-state index contributed by atoms with van der Waals surface area (Å²) in [4.78, 5) is 12.2. The van der Waals surface area contributed by atoms with Crippen LogP contribution in [0.2, 0.25) is 0 Å². The van der Waals surface area contributed by atoms with Crippen LogP contribution in [0.4, 0.5) is 0 Å². The van der Waals surface area contributed by atoms with E-state index in [9.17, 15) is 4.79 Å². The fourth-order valence-corrected chi connectivity index (χ4v) is 3.92. The molecule has 1 atom stereocenters. The molecule has 1 aliphatic rings. The van der Waals surface area contributed by atoms with Gasteiger partial charge in [0.15, 0.2) is 5.17 Å². The van der Waals surface area contributed by atoms with Crippen molar-refractivity contribution in [1.29, 1.82) is 0 Å². The Hall–Kier alpha value is -2.40. The van der Waals surface area contributed by atoms with E-state index in [1.807, 2.05) is 12.1 Å². The van der Waals surface area contributed by atoms with Crippen molar-refractivity contribution in [2.24, 2.45) is 10.2 Å². The number of nitrogens with zero attached hydrogens (tertiary/aromatic N) is 2. The van der Waals surface area contributed by atoms with Gasteiger partial charge in [-0.3, -0.25) is 4.79 Å². The maximum atomic E-state index is 12.2. The molecule has 0 unspecified atom stereocenters. The summed E-state index contributed by atoms with van der Waals surface area (Å²) < 4.78 is 0. The van der Waals surface area contributed by atoms with Crippen LogP contribution in [-0.2, 0) is 11.2 Å². The van der Waals surface area contributed by atoms with Gasteiger partial charge >= 0.3 is 0 Å². The Morgan fingerprint density at radius 1 is 0.964 bits per heavy atom. The second-order valence-corrected chi connectivity index (χ2v) is 8.86. The lowest BCUT2D eigenvalue weighted by molar-refractivity contribution is -0.118. The van der Waals surface area contributed by atoms with E-state index in [1.54, 1.807) is 6.21 Å². The Morgan fingerprint density at radius 3 is 2.11 bits per heavy atom. The summed E-state index contributed by atoms with van der Waals surface area (Å²) in [5.74, 6) is 1.01. The Morgan fingerprint density at radius 2 is 1.54 bits per heavy atom. The normalized spacial score (nSPS) is 18.6. The highest BCUT2D eigenvalue weighted by Gasteiger charge is 2.30. The third-order valence-corrected chi connectivity index (χ3v) is 5.87. The van der Waals surface area contributed by atoms with Crippen molar-refractivity contribution < 1.29 is 4.79 Å². The Kier molecular flexibility index (Phi) is 6.68. The van der Waals surface area contributed by atoms with Gasteiger partial charge in [-0.1, -0.05) is 88.0 Å². The SMILES string of the molecule is CC(C)c1ccc(/C=N\N=C2/NC(=O)[C@H](Cc3ccc(C(C)C)cc3)S2)cc1. The molecule has 1 fully saturated rings. The Balaban J connectivity index is 1.58. The minimum atomic E-state index is -0.163. The molecule has 0 aliphatic carbocycles. The van der Waals surface area contributed by atoms with Crippen molar-refractivity contribution in [3.05, 3.63) is 70.8 Å². The molecule has 1 amide bonds. The summed E-state index contributed by atoms with van der Waals surface area (Å²) in [6.45, 7) is 8.70. The van der Waals surface area contributed by atoms with E-state index >= 15 is 0 Å². The molecule has 0 spiro atoms. The van der Waals surface area contributed by atoms with Crippen LogP contribution in [0.15, 0.2) is 58.7 Å². The molecule has 1 aliphatic heterocycles. The summed E-state index contributed by atoms with van der Waals surface area (Å²) in [6.07, 6.45) is 2.40. The second-order valence-electron chi connectivity index (χ2n) is 7.67. The smallest absolute Gasteiger partial charge is 0.239 e. The van der Waals surface area contributed by atoms with Crippen molar-refractivity contribution in [3.8, 4) is 0 Å². The number of nitrogens with one attached hydrogen (secondary N) is 1. The maximum Gasteiger partial charge on any atom is 0.239 e. The van der Waals surface area contributed by atoms with Crippen LogP contribution in [-0.4, -0.2) is 22.5 Å². The largest absolute Gasteiger partial charge is 0.303 e. The minimum Gasteiger partial charge on any atom is -0.303 e. The Labute approximate surface area is 171 Å². The fraction of sp³-hybridized carbons (Fsp3) is 0.348. The zero-order valence-corrected chi connectivity index (χ0v) is 17.7. The van der Waals surface area contributed by atoms with Gasteiger partial charge < -0.3 is 5.32 Å². The summed E-state index contributed by atoms with van der Waals surface area (Å²) in [5, 5.41) is 11.5. The van der Waals surface area contributed by atoms with Crippen LogP contribution in [0.5, 0.6) is 0 Å². The molecule has 1 N–H and O–H groups in total. The number of rotatable bonds is 6. The summed E-state index contributed by atoms with van der Waals surface area (Å²) >= 11 is 1.44. The molecule has 0 bridgehead atoms. The number of carbonyl (C=O) groups excluding carboxylic acids is 1. The van der Waals surface area contributed by atoms with Crippen LogP contribution >= 0.6 is 11.8 Å². The number of hydrogen-bond acceptors (Lipinski definition) is 4. The lowest BCUT2D eigenvalue weighted by atomic mass is 10.0. The van der Waals surface area contributed by atoms with Gasteiger partial charge in [-0.2, -0.15) is 5.10 Å². The predicted molar refractivity (Wildman–Crippen MR) is 119 cm³/mol. The van der Waals surface area contributed by atoms with Crippen LogP contribution in [0, 0.1) is 0 Å². The molecular weight excluding hydrogens is 366 g/mol. The van der Waals surface area contributed by atoms with Gasteiger partial charge in [-0.25, -0.2) is 0 Å². The van der Waals surface area contributed by atoms with Gasteiger partial charge in [0.25, 0.3) is 0 Å². The number of benzene rings is 2. The van der Waals surface area contributed by atoms with E-state index < -0.39 is 0 Å². The maximum absolute atomic E-state index is 12.2. The molecule has 0 radical (unpaired) electrons. The van der Waals surface area contributed by atoms with Crippen molar-refractivity contribution in [2.45, 2.75) is 51.2 Å². The predicted octanol–water partition coefficient (Wildman–Crippen LogP) is 5.10. The van der Waals surface area contributed by atoms with Gasteiger partial charge in [0, 0.05) is 0 Å². The summed E-state index contributed by atoms with van der Waals surface area (Å²) in [5.41, 5.74) is 4.76. The third-order valence-electron chi connectivity index (χ3n) is 4.80. The first-order valence-corrected chi connectivity index (χ1v) is 10.6. The molecule has 3 rings (SSSR count). The number of amides is 1. The number of amidine groups is 1. The van der Waals surface area contributed by atoms with Crippen LogP contribution in [0.25, 0.3) is 0 Å². The number of hydrogen-bond donors (Lipinski definition) is 1. The second kappa shape index (κ2) is 9.20. The van der Waals surface area contributed by atoms with Crippen molar-refractivity contribution in [3.63, 3.8) is 0 Å². The summed E-state index contributed by atoms with van der Waals surface area (Å²) in [6, 6.07) is 16.8. The van der Waals surface area contributed by atoms with Crippen molar-refractivity contribution in [1.82, 2.24) is 5.32 Å². The molecule has 1 heterocycles. The van der Waals surface area contributed by atoms with E-state index in [-0.39, 0.29) is 11.2 Å². The quantitative estimate of drug-likeness (QED) is 0.548. The highest BCUT2D eigenvalue weighted by atomic mass is 32.2. The highest BCUT2D eigenvalue weighted by Crippen LogP contribution is 2.24. The monoisotopic (exact) mass is 393 g/mol. The Bertz CT molecular complexity index is 868. The van der Waals surface area contributed by atoms with E-state index in [0.29, 0.717) is 23.4 Å². The van der Waals surface area contributed by atoms with Crippen molar-refractivity contribution in [2.75, 3.05) is 0 Å². The standard InChI is InChI=1S/C23H27N3OS/c1-15(2)19-9-5-17(6-10-19)13-21-22(27)25-23(28-21)26-24-14-18-7-11-20(12-8-18)16(3)4/h5-12,14-16,21H,13H2,1-4H3,(H,25,26,27)/b24-14-/t21-/m0/s1. The van der Waals surface area contributed by atoms with Gasteiger partial charge in [-0.05, 0) is 40.5 Å². The lowest BCUT2D eigenvalue weighted by Gasteiger charge is -2.08. The zero-order valence-electron chi connectivity index (χ0n) is 16.8. The average Bonchev–Trinajstić information content (AvgIpc) is 3.02. The molecular formula is C23H27N3OS. The van der Waals surface area contributed by atoms with E-state index in [1.165, 1.54) is 22.9 Å². The molecule has 2 aromatic rings. The first-order valence-electron chi connectivity index (χ1n) is 9.69. The van der Waals surface area contributed by atoms with Gasteiger partial charge in [-0.15, -0.1) is 5.10 Å². The number of carbonyl (C=O) groups is 1. The molecule has 1 saturated heterocycles. The lowest BCUT2D eigenvalue weighted by Crippen LogP contribution is -2.25. The first kappa shape index (κ1) is 20.3. The summed E-state index contributed by atoms with van der Waals surface area (Å²) in [7, 11) is 0. The first-order chi connectivity index (χ1) is 13.4. The molecule has 2 aromatic carbocycles. The molecule has 0 aromatic heterocycles. The van der Waals surface area contributed by atoms with E-state index in [4.69, 9.17) is 0 Å². The van der Waals surface area contributed by atoms with E-state index in [2.05, 4.69) is 79.6 Å². The molecule has 28 heavy (non-hydrogen) atoms. The third kappa shape index (κ3) is 5.32. The van der Waals surface area contributed by atoms with Crippen LogP contribution < -0.4 is 5.32 Å². The molecule has 146 valence electrons. The van der Waals surface area contributed by atoms with Crippen molar-refractivity contribution >= 4 is 29.1 Å². The van der Waals surface area contributed by atoms with E-state index in [0.717, 1.165) is 11.1 Å². The van der Waals surface area contributed by atoms with Gasteiger partial charge in [0.1, 0.15) is 0 Å². The number of thioether (sulfide) groups is 1. The topological polar surface area (TPSA) is 53.8 Å². The zero-order chi connectivity index (χ0) is 20.1. The van der Waals surface area contributed by atoms with Gasteiger partial charge in [0.05, 0.1) is 11.5 Å².